The molecule has 1 aliphatic heterocycles. The lowest BCUT2D eigenvalue weighted by molar-refractivity contribution is -0.136. The highest BCUT2D eigenvalue weighted by atomic mass is 16.2. The molecule has 1 unspecified atom stereocenters. The minimum absolute atomic E-state index is 0.128. The number of hydrogen-bond acceptors (Lipinski definition) is 2. The van der Waals surface area contributed by atoms with Crippen LogP contribution in [0.4, 0.5) is 5.69 Å². The highest BCUT2D eigenvalue weighted by Gasteiger charge is 2.52. The summed E-state index contributed by atoms with van der Waals surface area (Å²) in [5.74, 6) is 0.177. The van der Waals surface area contributed by atoms with E-state index in [-0.39, 0.29) is 11.8 Å². The van der Waals surface area contributed by atoms with Crippen molar-refractivity contribution in [2.75, 3.05) is 5.01 Å². The van der Waals surface area contributed by atoms with Crippen molar-refractivity contribution in [2.24, 2.45) is 11.3 Å². The van der Waals surface area contributed by atoms with E-state index in [2.05, 4.69) is 19.3 Å². The quantitative estimate of drug-likeness (QED) is 0.839. The van der Waals surface area contributed by atoms with Gasteiger partial charge in [0.05, 0.1) is 5.69 Å². The summed E-state index contributed by atoms with van der Waals surface area (Å²) in [6.45, 7) is 6.12. The lowest BCUT2D eigenvalue weighted by atomic mass is 9.78. The van der Waals surface area contributed by atoms with Gasteiger partial charge in [-0.3, -0.25) is 15.0 Å². The number of amides is 2. The van der Waals surface area contributed by atoms with E-state index in [9.17, 15) is 9.59 Å². The lowest BCUT2D eigenvalue weighted by Gasteiger charge is -2.23. The molecule has 0 aliphatic carbocycles. The van der Waals surface area contributed by atoms with Gasteiger partial charge < -0.3 is 0 Å². The highest BCUT2D eigenvalue weighted by Crippen LogP contribution is 2.37. The molecule has 2 rings (SSSR count). The predicted molar refractivity (Wildman–Crippen MR) is 78.9 cm³/mol. The van der Waals surface area contributed by atoms with E-state index in [0.717, 1.165) is 6.42 Å². The average molecular weight is 274 g/mol. The molecule has 0 aromatic heterocycles. The van der Waals surface area contributed by atoms with Crippen LogP contribution in [-0.4, -0.2) is 11.8 Å². The number of hydrazine groups is 1. The fraction of sp³-hybridized carbons (Fsp3) is 0.500. The van der Waals surface area contributed by atoms with Crippen molar-refractivity contribution in [1.82, 2.24) is 5.43 Å². The maximum absolute atomic E-state index is 12.7. The molecular formula is C16H22N2O2. The summed E-state index contributed by atoms with van der Waals surface area (Å²) in [5, 5.41) is 1.40. The van der Waals surface area contributed by atoms with Gasteiger partial charge in [-0.15, -0.1) is 0 Å². The third-order valence-electron chi connectivity index (χ3n) is 4.03. The fourth-order valence-corrected chi connectivity index (χ4v) is 2.57. The van der Waals surface area contributed by atoms with Crippen molar-refractivity contribution in [2.45, 2.75) is 40.0 Å². The zero-order valence-corrected chi connectivity index (χ0v) is 12.3. The van der Waals surface area contributed by atoms with Crippen LogP contribution < -0.4 is 10.4 Å². The largest absolute Gasteiger partial charge is 0.272 e. The first-order valence-electron chi connectivity index (χ1n) is 7.22. The first-order valence-corrected chi connectivity index (χ1v) is 7.22. The van der Waals surface area contributed by atoms with Crippen LogP contribution in [0, 0.1) is 11.3 Å². The number of anilines is 1. The van der Waals surface area contributed by atoms with E-state index < -0.39 is 5.41 Å². The molecule has 4 heteroatoms. The molecule has 0 radical (unpaired) electrons. The average Bonchev–Trinajstić information content (AvgIpc) is 2.70. The lowest BCUT2D eigenvalue weighted by Crippen LogP contribution is -2.37. The van der Waals surface area contributed by atoms with Crippen molar-refractivity contribution in [1.29, 1.82) is 0 Å². The zero-order chi connectivity index (χ0) is 14.8. The van der Waals surface area contributed by atoms with E-state index in [1.807, 2.05) is 37.3 Å². The topological polar surface area (TPSA) is 49.4 Å². The standard InChI is InChI=1S/C16H22N2O2/c1-4-16(11-10-12(2)3)14(19)17-18(15(16)20)13-8-6-5-7-9-13/h5-9,12H,4,10-11H2,1-3H3,(H,17,19). The molecule has 20 heavy (non-hydrogen) atoms. The molecule has 1 atom stereocenters. The number of para-hydroxylation sites is 1. The molecule has 1 aromatic rings. The summed E-state index contributed by atoms with van der Waals surface area (Å²) in [5.41, 5.74) is 2.54. The summed E-state index contributed by atoms with van der Waals surface area (Å²) < 4.78 is 0. The zero-order valence-electron chi connectivity index (χ0n) is 12.3. The van der Waals surface area contributed by atoms with Gasteiger partial charge in [0.15, 0.2) is 0 Å². The molecule has 0 bridgehead atoms. The highest BCUT2D eigenvalue weighted by molar-refractivity contribution is 6.18. The van der Waals surface area contributed by atoms with Gasteiger partial charge in [0.1, 0.15) is 5.41 Å². The number of rotatable bonds is 5. The number of carbonyl (C=O) groups is 2. The van der Waals surface area contributed by atoms with Crippen LogP contribution in [0.5, 0.6) is 0 Å². The monoisotopic (exact) mass is 274 g/mol. The SMILES string of the molecule is CCC1(CCC(C)C)C(=O)NN(c2ccccc2)C1=O. The summed E-state index contributed by atoms with van der Waals surface area (Å²) in [6.07, 6.45) is 2.01. The van der Waals surface area contributed by atoms with Crippen molar-refractivity contribution in [3.63, 3.8) is 0 Å². The van der Waals surface area contributed by atoms with Gasteiger partial charge in [-0.05, 0) is 37.3 Å². The Balaban J connectivity index is 2.27. The van der Waals surface area contributed by atoms with Crippen molar-refractivity contribution >= 4 is 17.5 Å². The summed E-state index contributed by atoms with van der Waals surface area (Å²) in [4.78, 5) is 25.1. The van der Waals surface area contributed by atoms with Gasteiger partial charge in [0.25, 0.3) is 11.8 Å². The molecule has 0 spiro atoms. The summed E-state index contributed by atoms with van der Waals surface area (Å²) >= 11 is 0. The summed E-state index contributed by atoms with van der Waals surface area (Å²) in [7, 11) is 0. The van der Waals surface area contributed by atoms with Gasteiger partial charge in [-0.1, -0.05) is 39.0 Å². The van der Waals surface area contributed by atoms with Gasteiger partial charge in [-0.2, -0.15) is 0 Å². The van der Waals surface area contributed by atoms with E-state index in [1.54, 1.807) is 0 Å². The third kappa shape index (κ3) is 2.42. The maximum Gasteiger partial charge on any atom is 0.261 e. The molecule has 1 fully saturated rings. The molecule has 1 saturated heterocycles. The van der Waals surface area contributed by atoms with Crippen LogP contribution in [0.25, 0.3) is 0 Å². The molecule has 108 valence electrons. The van der Waals surface area contributed by atoms with Crippen LogP contribution >= 0.6 is 0 Å². The maximum atomic E-state index is 12.7. The second-order valence-electron chi connectivity index (χ2n) is 5.79. The number of nitrogens with one attached hydrogen (secondary N) is 1. The number of carbonyl (C=O) groups excluding carboxylic acids is 2. The van der Waals surface area contributed by atoms with Crippen LogP contribution in [0.2, 0.25) is 0 Å². The van der Waals surface area contributed by atoms with Gasteiger partial charge in [-0.25, -0.2) is 5.01 Å². The van der Waals surface area contributed by atoms with E-state index >= 15 is 0 Å². The van der Waals surface area contributed by atoms with Crippen LogP contribution in [-0.2, 0) is 9.59 Å². The smallest absolute Gasteiger partial charge is 0.261 e. The van der Waals surface area contributed by atoms with Gasteiger partial charge >= 0.3 is 0 Å². The van der Waals surface area contributed by atoms with Crippen LogP contribution in [0.15, 0.2) is 30.3 Å². The molecule has 4 nitrogen and oxygen atoms in total. The molecule has 1 aliphatic rings. The Hall–Kier alpha value is -1.84. The van der Waals surface area contributed by atoms with Crippen molar-refractivity contribution < 1.29 is 9.59 Å². The number of hydrogen-bond donors (Lipinski definition) is 1. The molecule has 0 saturated carbocycles. The molecule has 1 heterocycles. The Kier molecular flexibility index (Phi) is 4.12. The Morgan fingerprint density at radius 3 is 2.40 bits per heavy atom. The van der Waals surface area contributed by atoms with E-state index in [0.29, 0.717) is 24.4 Å². The van der Waals surface area contributed by atoms with Crippen molar-refractivity contribution in [3.8, 4) is 0 Å². The molecule has 2 amide bonds. The van der Waals surface area contributed by atoms with Gasteiger partial charge in [0.2, 0.25) is 0 Å². The first-order chi connectivity index (χ1) is 9.51. The minimum Gasteiger partial charge on any atom is -0.272 e. The van der Waals surface area contributed by atoms with Crippen LogP contribution in [0.3, 0.4) is 0 Å². The summed E-state index contributed by atoms with van der Waals surface area (Å²) in [6, 6.07) is 9.25. The minimum atomic E-state index is -0.903. The molecule has 1 N–H and O–H groups in total. The Bertz CT molecular complexity index is 498. The first kappa shape index (κ1) is 14.6. The molecular weight excluding hydrogens is 252 g/mol. The second-order valence-corrected chi connectivity index (χ2v) is 5.79. The van der Waals surface area contributed by atoms with E-state index in [4.69, 9.17) is 0 Å². The number of benzene rings is 1. The van der Waals surface area contributed by atoms with E-state index in [1.165, 1.54) is 5.01 Å². The third-order valence-corrected chi connectivity index (χ3v) is 4.03. The van der Waals surface area contributed by atoms with Gasteiger partial charge in [0, 0.05) is 0 Å². The normalized spacial score (nSPS) is 22.5. The second kappa shape index (κ2) is 5.65. The Morgan fingerprint density at radius 1 is 1.20 bits per heavy atom. The Morgan fingerprint density at radius 2 is 1.85 bits per heavy atom. The molecule has 1 aromatic carbocycles. The predicted octanol–water partition coefficient (Wildman–Crippen LogP) is 2.90. The number of nitrogens with zero attached hydrogens (tertiary/aromatic N) is 1. The van der Waals surface area contributed by atoms with Crippen molar-refractivity contribution in [3.05, 3.63) is 30.3 Å². The van der Waals surface area contributed by atoms with Crippen LogP contribution in [0.1, 0.15) is 40.0 Å². The Labute approximate surface area is 120 Å². The fourth-order valence-electron chi connectivity index (χ4n) is 2.57.